The lowest BCUT2D eigenvalue weighted by Gasteiger charge is -2.23. The second kappa shape index (κ2) is 7.34. The summed E-state index contributed by atoms with van der Waals surface area (Å²) in [7, 11) is 0. The average molecular weight is 386 g/mol. The molecule has 6 heteroatoms. The van der Waals surface area contributed by atoms with Crippen LogP contribution in [0.2, 0.25) is 0 Å². The van der Waals surface area contributed by atoms with Crippen LogP contribution in [0, 0.1) is 11.3 Å². The van der Waals surface area contributed by atoms with E-state index in [1.807, 2.05) is 47.1 Å². The number of anilines is 1. The molecular weight excluding hydrogens is 364 g/mol. The largest absolute Gasteiger partial charge is 0.356 e. The maximum absolute atomic E-state index is 11.6. The Morgan fingerprint density at radius 2 is 2.07 bits per heavy atom. The molecule has 2 fully saturated rings. The maximum atomic E-state index is 11.6. The van der Waals surface area contributed by atoms with E-state index in [9.17, 15) is 10.1 Å². The smallest absolute Gasteiger partial charge is 0.214 e. The Hall–Kier alpha value is -3.17. The van der Waals surface area contributed by atoms with Gasteiger partial charge in [-0.05, 0) is 62.4 Å². The summed E-state index contributed by atoms with van der Waals surface area (Å²) < 4.78 is 7.93. The molecule has 0 N–H and O–H groups in total. The van der Waals surface area contributed by atoms with Crippen molar-refractivity contribution in [1.29, 1.82) is 5.26 Å². The zero-order chi connectivity index (χ0) is 19.8. The minimum absolute atomic E-state index is 0.0888. The first-order valence-electron chi connectivity index (χ1n) is 10.2. The lowest BCUT2D eigenvalue weighted by atomic mass is 10.0. The number of rotatable bonds is 5. The molecule has 146 valence electrons. The molecule has 1 aromatic heterocycles. The van der Waals surface area contributed by atoms with Crippen molar-refractivity contribution in [2.24, 2.45) is 0 Å². The van der Waals surface area contributed by atoms with Crippen molar-refractivity contribution < 1.29 is 9.53 Å². The quantitative estimate of drug-likeness (QED) is 0.610. The fourth-order valence-corrected chi connectivity index (χ4v) is 4.08. The molecule has 0 bridgehead atoms. The summed E-state index contributed by atoms with van der Waals surface area (Å²) in [6, 6.07) is 16.1. The van der Waals surface area contributed by atoms with Gasteiger partial charge in [0.1, 0.15) is 5.69 Å². The molecule has 1 aliphatic carbocycles. The van der Waals surface area contributed by atoms with Gasteiger partial charge in [-0.15, -0.1) is 0 Å². The molecule has 1 atom stereocenters. The van der Waals surface area contributed by atoms with Gasteiger partial charge in [0.2, 0.25) is 6.41 Å². The second-order valence-electron chi connectivity index (χ2n) is 7.75. The molecule has 1 amide bonds. The topological polar surface area (TPSA) is 71.2 Å². The van der Waals surface area contributed by atoms with Gasteiger partial charge >= 0.3 is 0 Å². The Morgan fingerprint density at radius 3 is 2.79 bits per heavy atom. The second-order valence-corrected chi connectivity index (χ2v) is 7.75. The van der Waals surface area contributed by atoms with Gasteiger partial charge in [0.05, 0.1) is 17.1 Å². The molecule has 5 rings (SSSR count). The first-order chi connectivity index (χ1) is 14.3. The van der Waals surface area contributed by atoms with E-state index in [2.05, 4.69) is 6.07 Å². The molecular formula is C23H22N4O2. The van der Waals surface area contributed by atoms with Gasteiger partial charge in [-0.1, -0.05) is 12.1 Å². The molecule has 2 aromatic carbocycles. The molecule has 0 radical (unpaired) electrons. The number of carbonyl (C=O) groups is 1. The van der Waals surface area contributed by atoms with Crippen LogP contribution in [0.3, 0.4) is 0 Å². The highest BCUT2D eigenvalue weighted by Gasteiger charge is 2.29. The van der Waals surface area contributed by atoms with Gasteiger partial charge in [-0.3, -0.25) is 4.79 Å². The summed E-state index contributed by atoms with van der Waals surface area (Å²) >= 11 is 0. The Kier molecular flexibility index (Phi) is 4.53. The normalized spacial score (nSPS) is 19.1. The Labute approximate surface area is 169 Å². The third kappa shape index (κ3) is 3.28. The van der Waals surface area contributed by atoms with Crippen LogP contribution in [0.15, 0.2) is 42.5 Å². The van der Waals surface area contributed by atoms with Gasteiger partial charge < -0.3 is 9.64 Å². The van der Waals surface area contributed by atoms with Crippen molar-refractivity contribution in [2.45, 2.75) is 44.4 Å². The summed E-state index contributed by atoms with van der Waals surface area (Å²) in [5, 5.41) is 15.2. The molecule has 2 aliphatic rings. The number of amides is 1. The van der Waals surface area contributed by atoms with E-state index >= 15 is 0 Å². The molecule has 29 heavy (non-hydrogen) atoms. The number of ether oxygens (including phenoxy) is 1. The van der Waals surface area contributed by atoms with Crippen molar-refractivity contribution in [1.82, 2.24) is 9.78 Å². The Balaban J connectivity index is 1.64. The average Bonchev–Trinajstić information content (AvgIpc) is 3.54. The Bertz CT molecular complexity index is 1100. The standard InChI is InChI=1S/C23H22N4O2/c24-14-16-7-10-21-20(12-16)23(25-27(21)22-6-1-2-11-29-22)17-4-3-5-19(13-17)26(15-28)18-8-9-18/h3-5,7,10,12-13,15,18,22H,1-2,6,8-9,11H2. The van der Waals surface area contributed by atoms with E-state index in [0.717, 1.165) is 73.0 Å². The van der Waals surface area contributed by atoms with E-state index in [4.69, 9.17) is 9.84 Å². The first-order valence-corrected chi connectivity index (χ1v) is 10.2. The number of carbonyl (C=O) groups excluding carboxylic acids is 1. The monoisotopic (exact) mass is 386 g/mol. The number of nitriles is 1. The van der Waals surface area contributed by atoms with Crippen molar-refractivity contribution >= 4 is 23.0 Å². The number of hydrogen-bond donors (Lipinski definition) is 0. The summed E-state index contributed by atoms with van der Waals surface area (Å²) in [5.41, 5.74) is 4.20. The molecule has 3 aromatic rings. The van der Waals surface area contributed by atoms with Crippen LogP contribution in [-0.4, -0.2) is 28.8 Å². The highest BCUT2D eigenvalue weighted by molar-refractivity contribution is 5.95. The molecule has 1 unspecified atom stereocenters. The first kappa shape index (κ1) is 17.9. The predicted molar refractivity (Wildman–Crippen MR) is 110 cm³/mol. The summed E-state index contributed by atoms with van der Waals surface area (Å²) in [6.07, 6.45) is 6.04. The van der Waals surface area contributed by atoms with Gasteiger partial charge in [-0.25, -0.2) is 4.68 Å². The van der Waals surface area contributed by atoms with Crippen LogP contribution in [0.1, 0.15) is 43.9 Å². The predicted octanol–water partition coefficient (Wildman–Crippen LogP) is 4.40. The summed E-state index contributed by atoms with van der Waals surface area (Å²) in [4.78, 5) is 13.4. The van der Waals surface area contributed by atoms with Crippen molar-refractivity contribution in [2.75, 3.05) is 11.5 Å². The van der Waals surface area contributed by atoms with Gasteiger partial charge in [-0.2, -0.15) is 10.4 Å². The van der Waals surface area contributed by atoms with E-state index in [-0.39, 0.29) is 6.23 Å². The summed E-state index contributed by atoms with van der Waals surface area (Å²) in [5.74, 6) is 0. The van der Waals surface area contributed by atoms with E-state index < -0.39 is 0 Å². The van der Waals surface area contributed by atoms with Crippen molar-refractivity contribution in [3.8, 4) is 17.3 Å². The number of aromatic nitrogens is 2. The fourth-order valence-electron chi connectivity index (χ4n) is 4.08. The molecule has 1 aliphatic heterocycles. The van der Waals surface area contributed by atoms with Crippen LogP contribution < -0.4 is 4.90 Å². The van der Waals surface area contributed by atoms with E-state index in [1.54, 1.807) is 4.90 Å². The lowest BCUT2D eigenvalue weighted by Crippen LogP contribution is -2.23. The molecule has 1 saturated carbocycles. The number of nitrogens with zero attached hydrogens (tertiary/aromatic N) is 4. The highest BCUT2D eigenvalue weighted by Crippen LogP contribution is 2.36. The third-order valence-corrected chi connectivity index (χ3v) is 5.74. The van der Waals surface area contributed by atoms with Crippen molar-refractivity contribution in [3.05, 3.63) is 48.0 Å². The molecule has 0 spiro atoms. The van der Waals surface area contributed by atoms with E-state index in [0.29, 0.717) is 11.6 Å². The van der Waals surface area contributed by atoms with Crippen LogP contribution in [0.25, 0.3) is 22.2 Å². The van der Waals surface area contributed by atoms with Gasteiger partial charge in [0.25, 0.3) is 0 Å². The van der Waals surface area contributed by atoms with Crippen LogP contribution in [-0.2, 0) is 9.53 Å². The zero-order valence-corrected chi connectivity index (χ0v) is 16.1. The molecule has 1 saturated heterocycles. The van der Waals surface area contributed by atoms with Crippen molar-refractivity contribution in [3.63, 3.8) is 0 Å². The number of hydrogen-bond acceptors (Lipinski definition) is 4. The molecule has 2 heterocycles. The van der Waals surface area contributed by atoms with E-state index in [1.165, 1.54) is 0 Å². The fraction of sp³-hybridized carbons (Fsp3) is 0.348. The SMILES string of the molecule is N#Cc1ccc2c(c1)c(-c1cccc(N(C=O)C3CC3)c1)nn2C1CCCCO1. The summed E-state index contributed by atoms with van der Waals surface area (Å²) in [6.45, 7) is 0.739. The maximum Gasteiger partial charge on any atom is 0.214 e. The van der Waals surface area contributed by atoms with Crippen LogP contribution in [0.4, 0.5) is 5.69 Å². The van der Waals surface area contributed by atoms with Crippen LogP contribution in [0.5, 0.6) is 0 Å². The van der Waals surface area contributed by atoms with Gasteiger partial charge in [0.15, 0.2) is 6.23 Å². The number of benzene rings is 2. The van der Waals surface area contributed by atoms with Crippen LogP contribution >= 0.6 is 0 Å². The Morgan fingerprint density at radius 1 is 1.17 bits per heavy atom. The minimum atomic E-state index is -0.0888. The van der Waals surface area contributed by atoms with Gasteiger partial charge in [0, 0.05) is 29.3 Å². The lowest BCUT2D eigenvalue weighted by molar-refractivity contribution is -0.107. The molecule has 6 nitrogen and oxygen atoms in total. The highest BCUT2D eigenvalue weighted by atomic mass is 16.5. The zero-order valence-electron chi connectivity index (χ0n) is 16.1. The number of fused-ring (bicyclic) bond motifs is 1. The third-order valence-electron chi connectivity index (χ3n) is 5.74. The minimum Gasteiger partial charge on any atom is -0.356 e.